The van der Waals surface area contributed by atoms with Gasteiger partial charge in [0.1, 0.15) is 4.90 Å². The Kier molecular flexibility index (Phi) is 5.56. The van der Waals surface area contributed by atoms with Crippen molar-refractivity contribution in [2.45, 2.75) is 45.1 Å². The number of aliphatic hydroxyl groups is 1. The Morgan fingerprint density at radius 2 is 1.90 bits per heavy atom. The molecule has 6 heteroatoms. The Morgan fingerprint density at radius 1 is 1.30 bits per heavy atom. The van der Waals surface area contributed by atoms with Crippen molar-refractivity contribution in [2.75, 3.05) is 18.9 Å². The molecule has 0 unspecified atom stereocenters. The second-order valence-corrected chi connectivity index (χ2v) is 7.04. The van der Waals surface area contributed by atoms with Crippen LogP contribution in [0, 0.1) is 13.8 Å². The third-order valence-corrected chi connectivity index (χ3v) is 5.67. The molecule has 0 aliphatic carbocycles. The smallest absolute Gasteiger partial charge is 0.245 e. The number of hydrogen-bond acceptors (Lipinski definition) is 4. The van der Waals surface area contributed by atoms with Crippen molar-refractivity contribution in [2.24, 2.45) is 0 Å². The molecule has 5 nitrogen and oxygen atoms in total. The molecule has 0 amide bonds. The summed E-state index contributed by atoms with van der Waals surface area (Å²) in [4.78, 5) is 0.184. The molecule has 0 bridgehead atoms. The number of benzene rings is 1. The van der Waals surface area contributed by atoms with E-state index >= 15 is 0 Å². The Bertz CT molecular complexity index is 568. The first kappa shape index (κ1) is 16.9. The summed E-state index contributed by atoms with van der Waals surface area (Å²) in [6.07, 6.45) is 0.405. The minimum absolute atomic E-state index is 0.0407. The third kappa shape index (κ3) is 3.31. The molecule has 0 radical (unpaired) electrons. The molecule has 3 N–H and O–H groups in total. The molecular weight excluding hydrogens is 276 g/mol. The number of sulfonamides is 1. The summed E-state index contributed by atoms with van der Waals surface area (Å²) in [6, 6.07) is 3.25. The van der Waals surface area contributed by atoms with Crippen molar-refractivity contribution >= 4 is 15.7 Å². The molecule has 114 valence electrons. The quantitative estimate of drug-likeness (QED) is 0.783. The fourth-order valence-electron chi connectivity index (χ4n) is 2.15. The molecule has 0 atom stereocenters. The van der Waals surface area contributed by atoms with Gasteiger partial charge in [0.15, 0.2) is 0 Å². The summed E-state index contributed by atoms with van der Waals surface area (Å²) < 4.78 is 27.1. The van der Waals surface area contributed by atoms with Crippen LogP contribution in [0.15, 0.2) is 17.0 Å². The topological polar surface area (TPSA) is 83.6 Å². The largest absolute Gasteiger partial charge is 0.398 e. The van der Waals surface area contributed by atoms with Gasteiger partial charge in [0, 0.05) is 19.2 Å². The standard InChI is InChI=1S/C14H24N2O3S/c1-10(2)16(8-5-9-17)20(18,19)14-12(4)11(3)6-7-13(14)15/h6-7,10,17H,5,8-9,15H2,1-4H3. The van der Waals surface area contributed by atoms with E-state index in [0.29, 0.717) is 12.0 Å². The number of nitrogens with zero attached hydrogens (tertiary/aromatic N) is 1. The molecule has 0 spiro atoms. The molecule has 0 fully saturated rings. The summed E-state index contributed by atoms with van der Waals surface area (Å²) in [5.74, 6) is 0. The van der Waals surface area contributed by atoms with E-state index in [-0.39, 0.29) is 29.8 Å². The van der Waals surface area contributed by atoms with Crippen LogP contribution in [0.5, 0.6) is 0 Å². The second-order valence-electron chi connectivity index (χ2n) is 5.21. The molecule has 0 saturated heterocycles. The molecule has 1 aromatic carbocycles. The van der Waals surface area contributed by atoms with E-state index in [4.69, 9.17) is 10.8 Å². The minimum atomic E-state index is -3.66. The van der Waals surface area contributed by atoms with Crippen LogP contribution in [0.2, 0.25) is 0 Å². The van der Waals surface area contributed by atoms with Gasteiger partial charge in [0.05, 0.1) is 5.69 Å². The summed E-state index contributed by atoms with van der Waals surface area (Å²) >= 11 is 0. The van der Waals surface area contributed by atoms with Crippen molar-refractivity contribution < 1.29 is 13.5 Å². The Hall–Kier alpha value is -1.11. The van der Waals surface area contributed by atoms with E-state index in [9.17, 15) is 8.42 Å². The highest BCUT2D eigenvalue weighted by Gasteiger charge is 2.30. The van der Waals surface area contributed by atoms with Crippen molar-refractivity contribution in [1.29, 1.82) is 0 Å². The first-order chi connectivity index (χ1) is 9.23. The van der Waals surface area contributed by atoms with E-state index in [1.165, 1.54) is 4.31 Å². The average Bonchev–Trinajstić information content (AvgIpc) is 2.34. The molecule has 1 rings (SSSR count). The number of aliphatic hydroxyl groups excluding tert-OH is 1. The predicted molar refractivity (Wildman–Crippen MR) is 81.1 cm³/mol. The summed E-state index contributed by atoms with van der Waals surface area (Å²) in [5, 5.41) is 8.94. The maximum Gasteiger partial charge on any atom is 0.245 e. The van der Waals surface area contributed by atoms with E-state index < -0.39 is 10.0 Å². The number of nitrogens with two attached hydrogens (primary N) is 1. The zero-order valence-corrected chi connectivity index (χ0v) is 13.4. The van der Waals surface area contributed by atoms with Gasteiger partial charge in [-0.2, -0.15) is 4.31 Å². The zero-order valence-electron chi connectivity index (χ0n) is 12.5. The normalized spacial score (nSPS) is 12.3. The van der Waals surface area contributed by atoms with E-state index in [2.05, 4.69) is 0 Å². The summed E-state index contributed by atoms with van der Waals surface area (Å²) in [6.45, 7) is 7.50. The van der Waals surface area contributed by atoms with Gasteiger partial charge in [0.25, 0.3) is 0 Å². The molecule has 0 saturated carbocycles. The maximum absolute atomic E-state index is 12.8. The third-order valence-electron chi connectivity index (χ3n) is 3.39. The Labute approximate surface area is 121 Å². The lowest BCUT2D eigenvalue weighted by atomic mass is 10.1. The SMILES string of the molecule is Cc1ccc(N)c(S(=O)(=O)N(CCCO)C(C)C)c1C. The minimum Gasteiger partial charge on any atom is -0.398 e. The van der Waals surface area contributed by atoms with Gasteiger partial charge in [-0.3, -0.25) is 0 Å². The lowest BCUT2D eigenvalue weighted by molar-refractivity contribution is 0.258. The molecule has 0 aliphatic rings. The molecular formula is C14H24N2O3S. The van der Waals surface area contributed by atoms with Crippen LogP contribution < -0.4 is 5.73 Å². The molecule has 0 heterocycles. The van der Waals surface area contributed by atoms with Crippen LogP contribution in [0.25, 0.3) is 0 Å². The monoisotopic (exact) mass is 300 g/mol. The molecule has 0 aromatic heterocycles. The number of rotatable bonds is 6. The van der Waals surface area contributed by atoms with Gasteiger partial charge in [-0.05, 0) is 51.3 Å². The summed E-state index contributed by atoms with van der Waals surface area (Å²) in [7, 11) is -3.66. The van der Waals surface area contributed by atoms with E-state index in [0.717, 1.165) is 5.56 Å². The van der Waals surface area contributed by atoms with Crippen LogP contribution in [0.3, 0.4) is 0 Å². The lowest BCUT2D eigenvalue weighted by Crippen LogP contribution is -2.38. The molecule has 20 heavy (non-hydrogen) atoms. The summed E-state index contributed by atoms with van der Waals surface area (Å²) in [5.41, 5.74) is 7.73. The number of anilines is 1. The van der Waals surface area contributed by atoms with Gasteiger partial charge in [-0.15, -0.1) is 0 Å². The average molecular weight is 300 g/mol. The van der Waals surface area contributed by atoms with Gasteiger partial charge in [-0.1, -0.05) is 6.07 Å². The number of nitrogen functional groups attached to an aromatic ring is 1. The van der Waals surface area contributed by atoms with Crippen LogP contribution in [-0.4, -0.2) is 37.0 Å². The van der Waals surface area contributed by atoms with Gasteiger partial charge in [-0.25, -0.2) is 8.42 Å². The van der Waals surface area contributed by atoms with Crippen molar-refractivity contribution in [3.8, 4) is 0 Å². The van der Waals surface area contributed by atoms with Crippen LogP contribution in [0.1, 0.15) is 31.4 Å². The highest BCUT2D eigenvalue weighted by molar-refractivity contribution is 7.89. The maximum atomic E-state index is 12.8. The lowest BCUT2D eigenvalue weighted by Gasteiger charge is -2.27. The van der Waals surface area contributed by atoms with Crippen molar-refractivity contribution in [3.05, 3.63) is 23.3 Å². The highest BCUT2D eigenvalue weighted by atomic mass is 32.2. The first-order valence-electron chi connectivity index (χ1n) is 6.71. The van der Waals surface area contributed by atoms with Crippen LogP contribution >= 0.6 is 0 Å². The van der Waals surface area contributed by atoms with Crippen molar-refractivity contribution in [1.82, 2.24) is 4.31 Å². The number of hydrogen-bond donors (Lipinski definition) is 2. The predicted octanol–water partition coefficient (Wildman–Crippen LogP) is 1.67. The fraction of sp³-hybridized carbons (Fsp3) is 0.571. The van der Waals surface area contributed by atoms with E-state index in [1.54, 1.807) is 13.0 Å². The second kappa shape index (κ2) is 6.56. The highest BCUT2D eigenvalue weighted by Crippen LogP contribution is 2.29. The molecule has 0 aliphatic heterocycles. The number of aryl methyl sites for hydroxylation is 1. The van der Waals surface area contributed by atoms with Crippen LogP contribution in [-0.2, 0) is 10.0 Å². The van der Waals surface area contributed by atoms with Gasteiger partial charge in [0.2, 0.25) is 10.0 Å². The fourth-order valence-corrected chi connectivity index (χ4v) is 4.23. The Morgan fingerprint density at radius 3 is 2.40 bits per heavy atom. The zero-order chi connectivity index (χ0) is 15.5. The van der Waals surface area contributed by atoms with Crippen molar-refractivity contribution in [3.63, 3.8) is 0 Å². The van der Waals surface area contributed by atoms with E-state index in [1.807, 2.05) is 26.8 Å². The first-order valence-corrected chi connectivity index (χ1v) is 8.15. The van der Waals surface area contributed by atoms with Crippen LogP contribution in [0.4, 0.5) is 5.69 Å². The van der Waals surface area contributed by atoms with Gasteiger partial charge >= 0.3 is 0 Å². The van der Waals surface area contributed by atoms with Gasteiger partial charge < -0.3 is 10.8 Å². The Balaban J connectivity index is 3.37. The molecule has 1 aromatic rings.